The van der Waals surface area contributed by atoms with Crippen molar-refractivity contribution in [1.29, 1.82) is 10.5 Å². The van der Waals surface area contributed by atoms with E-state index in [0.717, 1.165) is 25.8 Å². The van der Waals surface area contributed by atoms with E-state index in [1.807, 2.05) is 66.7 Å². The van der Waals surface area contributed by atoms with Crippen molar-refractivity contribution in [2.75, 3.05) is 0 Å². The summed E-state index contributed by atoms with van der Waals surface area (Å²) >= 11 is 0. The molecular weight excluding hydrogens is 846 g/mol. The Labute approximate surface area is 370 Å². The molecule has 0 fully saturated rings. The Kier molecular flexibility index (Phi) is 14.8. The zero-order valence-corrected chi connectivity index (χ0v) is 34.5. The summed E-state index contributed by atoms with van der Waals surface area (Å²) in [5.74, 6) is -1.01. The molecule has 0 saturated carbocycles. The van der Waals surface area contributed by atoms with Crippen LogP contribution in [0.2, 0.25) is 0 Å². The fourth-order valence-electron chi connectivity index (χ4n) is 6.18. The molecule has 16 heteroatoms. The topological polar surface area (TPSA) is 226 Å². The van der Waals surface area contributed by atoms with Crippen LogP contribution in [0.1, 0.15) is 33.4 Å². The zero-order chi connectivity index (χ0) is 44.3. The molecule has 0 unspecified atom stereocenters. The molecule has 63 heavy (non-hydrogen) atoms. The molecule has 0 aliphatic carbocycles. The van der Waals surface area contributed by atoms with Crippen molar-refractivity contribution in [3.8, 4) is 46.5 Å². The first-order chi connectivity index (χ1) is 29.9. The third kappa shape index (κ3) is 10.2. The van der Waals surface area contributed by atoms with Gasteiger partial charge in [-0.2, -0.15) is 10.5 Å². The van der Waals surface area contributed by atoms with Crippen LogP contribution in [-0.2, 0) is 29.9 Å². The van der Waals surface area contributed by atoms with Crippen LogP contribution in [-0.4, -0.2) is 29.6 Å². The molecule has 0 bridgehead atoms. The van der Waals surface area contributed by atoms with Gasteiger partial charge in [0, 0.05) is 22.3 Å². The van der Waals surface area contributed by atoms with E-state index in [-0.39, 0.29) is 86.5 Å². The smallest absolute Gasteiger partial charge is 0.271 e. The van der Waals surface area contributed by atoms with Gasteiger partial charge in [0.15, 0.2) is 5.69 Å². The standard InChI is InChI=1S/C26H20N4O3.C21H15N5O3.Co/c1-17-23(27-2)25(32)30(26(33)24(17)29-28-21-10-6-7-11-22(21)31)16-18-12-14-20(15-13-18)19-8-4-3-5-9-19;1-13-16(11-23)20(28)26(12-15-8-6-14(10-22)7-9-15)21(29)19(13)25-24-17-4-2-3-5-18(17)27;/h3-15,31,33H,16H2,1H3;2-9,27,29H,12H2,1H3;. The first kappa shape index (κ1) is 45.5. The fraction of sp³-hybridized carbons (Fsp3) is 0.0851. The van der Waals surface area contributed by atoms with Crippen molar-refractivity contribution >= 4 is 28.4 Å². The Morgan fingerprint density at radius 2 is 1.02 bits per heavy atom. The minimum Gasteiger partial charge on any atom is -0.506 e. The molecule has 2 aromatic heterocycles. The van der Waals surface area contributed by atoms with Crippen molar-refractivity contribution in [2.45, 2.75) is 26.9 Å². The summed E-state index contributed by atoms with van der Waals surface area (Å²) in [6.45, 7) is 10.5. The Morgan fingerprint density at radius 3 is 1.49 bits per heavy atom. The number of aromatic hydroxyl groups is 4. The third-order valence-electron chi connectivity index (χ3n) is 9.61. The average Bonchev–Trinajstić information content (AvgIpc) is 3.29. The van der Waals surface area contributed by atoms with Crippen molar-refractivity contribution in [1.82, 2.24) is 9.13 Å². The van der Waals surface area contributed by atoms with Gasteiger partial charge >= 0.3 is 0 Å². The number of pyridine rings is 2. The van der Waals surface area contributed by atoms with E-state index in [9.17, 15) is 35.3 Å². The SMILES string of the molecule is Cc1c(N=Nc2ccccc2O)c(O)n(Cc2ccc(C#N)cc2)c(=O)c1C#N.[C-]#[N+]c1c(C)c(N=Nc2ccccc2O)c(O)n(Cc2ccc(-c3ccccc3)cc2)c1=O.[Co]. The van der Waals surface area contributed by atoms with E-state index in [1.54, 1.807) is 54.6 Å². The molecule has 0 atom stereocenters. The number of nitrogens with zero attached hydrogens (tertiary/aromatic N) is 9. The Balaban J connectivity index is 0.000000236. The summed E-state index contributed by atoms with van der Waals surface area (Å²) in [5.41, 5.74) is 3.17. The van der Waals surface area contributed by atoms with Gasteiger partial charge in [0.1, 0.15) is 40.2 Å². The molecule has 5 aromatic carbocycles. The number of hydrogen-bond donors (Lipinski definition) is 4. The third-order valence-corrected chi connectivity index (χ3v) is 9.61. The van der Waals surface area contributed by atoms with E-state index in [1.165, 1.54) is 32.0 Å². The van der Waals surface area contributed by atoms with Crippen LogP contribution in [0.5, 0.6) is 23.3 Å². The van der Waals surface area contributed by atoms with Crippen LogP contribution in [0.4, 0.5) is 28.4 Å². The van der Waals surface area contributed by atoms with Gasteiger partial charge in [-0.05, 0) is 78.1 Å². The van der Waals surface area contributed by atoms with Gasteiger partial charge in [0.25, 0.3) is 16.8 Å². The molecule has 15 nitrogen and oxygen atoms in total. The maximum Gasteiger partial charge on any atom is 0.271 e. The van der Waals surface area contributed by atoms with Crippen LogP contribution >= 0.6 is 0 Å². The quantitative estimate of drug-likeness (QED) is 0.0804. The monoisotopic (exact) mass is 880 g/mol. The van der Waals surface area contributed by atoms with Crippen molar-refractivity contribution in [3.05, 3.63) is 193 Å². The molecule has 0 aliphatic rings. The van der Waals surface area contributed by atoms with E-state index in [2.05, 4.69) is 25.3 Å². The van der Waals surface area contributed by atoms with Gasteiger partial charge in [-0.1, -0.05) is 91.0 Å². The molecule has 0 aliphatic heterocycles. The van der Waals surface area contributed by atoms with Crippen LogP contribution < -0.4 is 11.1 Å². The Hall–Kier alpha value is -8.62. The van der Waals surface area contributed by atoms with E-state index >= 15 is 0 Å². The largest absolute Gasteiger partial charge is 0.506 e. The molecule has 2 heterocycles. The van der Waals surface area contributed by atoms with Gasteiger partial charge in [0.05, 0.1) is 31.3 Å². The molecule has 0 spiro atoms. The Morgan fingerprint density at radius 1 is 0.571 bits per heavy atom. The number of azo groups is 2. The Bertz CT molecular complexity index is 3110. The number of nitriles is 2. The first-order valence-electron chi connectivity index (χ1n) is 18.7. The summed E-state index contributed by atoms with van der Waals surface area (Å²) in [4.78, 5) is 28.9. The second-order valence-electron chi connectivity index (χ2n) is 13.6. The molecule has 4 N–H and O–H groups in total. The normalized spacial score (nSPS) is 10.6. The summed E-state index contributed by atoms with van der Waals surface area (Å²) < 4.78 is 2.13. The maximum absolute atomic E-state index is 12.9. The number of aromatic nitrogens is 2. The van der Waals surface area contributed by atoms with Crippen LogP contribution in [0.15, 0.2) is 157 Å². The summed E-state index contributed by atoms with van der Waals surface area (Å²) in [7, 11) is 0. The molecular formula is C47H35CoN9O6. The summed E-state index contributed by atoms with van der Waals surface area (Å²) in [5, 5.41) is 75.5. The van der Waals surface area contributed by atoms with Gasteiger partial charge in [-0.25, -0.2) is 4.85 Å². The van der Waals surface area contributed by atoms with E-state index < -0.39 is 22.9 Å². The molecule has 1 radical (unpaired) electrons. The maximum atomic E-state index is 12.9. The number of benzene rings is 5. The van der Waals surface area contributed by atoms with Crippen LogP contribution in [0, 0.1) is 43.1 Å². The minimum atomic E-state index is -0.659. The summed E-state index contributed by atoms with van der Waals surface area (Å²) in [6.07, 6.45) is 0. The second-order valence-corrected chi connectivity index (χ2v) is 13.6. The molecule has 7 aromatic rings. The van der Waals surface area contributed by atoms with Gasteiger partial charge in [0.2, 0.25) is 11.8 Å². The average molecular weight is 881 g/mol. The predicted octanol–water partition coefficient (Wildman–Crippen LogP) is 10.0. The number of hydrogen-bond acceptors (Lipinski definition) is 12. The summed E-state index contributed by atoms with van der Waals surface area (Å²) in [6, 6.07) is 40.5. The molecule has 0 saturated heterocycles. The molecule has 7 rings (SSSR count). The predicted molar refractivity (Wildman–Crippen MR) is 231 cm³/mol. The molecule has 313 valence electrons. The second kappa shape index (κ2) is 20.6. The molecule has 0 amide bonds. The minimum absolute atomic E-state index is 0. The van der Waals surface area contributed by atoms with Crippen molar-refractivity contribution < 1.29 is 37.2 Å². The number of phenols is 2. The van der Waals surface area contributed by atoms with Gasteiger partial charge in [-0.3, -0.25) is 18.7 Å². The first-order valence-corrected chi connectivity index (χ1v) is 18.7. The van der Waals surface area contributed by atoms with Crippen molar-refractivity contribution in [2.24, 2.45) is 20.5 Å². The van der Waals surface area contributed by atoms with Gasteiger partial charge in [-0.15, -0.1) is 20.5 Å². The number of phenolic OH excluding ortho intramolecular Hbond substituents is 2. The van der Waals surface area contributed by atoms with Crippen LogP contribution in [0.25, 0.3) is 16.0 Å². The number of rotatable bonds is 9. The van der Waals surface area contributed by atoms with Gasteiger partial charge < -0.3 is 20.4 Å². The zero-order valence-electron chi connectivity index (χ0n) is 33.5. The van der Waals surface area contributed by atoms with E-state index in [4.69, 9.17) is 11.8 Å². The van der Waals surface area contributed by atoms with Crippen molar-refractivity contribution in [3.63, 3.8) is 0 Å². The van der Waals surface area contributed by atoms with Crippen LogP contribution in [0.3, 0.4) is 0 Å². The van der Waals surface area contributed by atoms with E-state index in [0.29, 0.717) is 11.1 Å². The number of para-hydroxylation sites is 2. The fourth-order valence-corrected chi connectivity index (χ4v) is 6.18.